The van der Waals surface area contributed by atoms with E-state index in [-0.39, 0.29) is 22.6 Å². The molecule has 8 heteroatoms. The predicted molar refractivity (Wildman–Crippen MR) is 88.7 cm³/mol. The van der Waals surface area contributed by atoms with Crippen molar-refractivity contribution in [1.29, 1.82) is 0 Å². The van der Waals surface area contributed by atoms with E-state index in [1.165, 1.54) is 0 Å². The molecule has 0 aliphatic rings. The highest BCUT2D eigenvalue weighted by Gasteiger charge is 2.31. The number of carbonyl (C=O) groups excluding carboxylic acids is 1. The van der Waals surface area contributed by atoms with Crippen LogP contribution in [-0.2, 0) is 6.18 Å². The van der Waals surface area contributed by atoms with Crippen molar-refractivity contribution in [3.63, 3.8) is 0 Å². The van der Waals surface area contributed by atoms with E-state index in [2.05, 4.69) is 9.97 Å². The molecule has 0 amide bonds. The lowest BCUT2D eigenvalue weighted by Gasteiger charge is -2.11. The summed E-state index contributed by atoms with van der Waals surface area (Å²) in [6, 6.07) is 5.98. The van der Waals surface area contributed by atoms with Crippen molar-refractivity contribution < 1.29 is 18.0 Å². The largest absolute Gasteiger partial charge is 0.417 e. The molecule has 2 heterocycles. The van der Waals surface area contributed by atoms with Gasteiger partial charge in [0, 0.05) is 17.8 Å². The Morgan fingerprint density at radius 2 is 1.96 bits per heavy atom. The minimum atomic E-state index is -4.51. The zero-order valence-corrected chi connectivity index (χ0v) is 14.1. The van der Waals surface area contributed by atoms with E-state index in [4.69, 9.17) is 11.6 Å². The molecule has 0 N–H and O–H groups in total. The number of hydrogen-bond acceptors (Lipinski definition) is 3. The fourth-order valence-corrected chi connectivity index (χ4v) is 2.97. The third-order valence-corrected chi connectivity index (χ3v) is 4.07. The first-order chi connectivity index (χ1) is 11.7. The van der Waals surface area contributed by atoms with Crippen molar-refractivity contribution in [2.75, 3.05) is 0 Å². The van der Waals surface area contributed by atoms with Gasteiger partial charge >= 0.3 is 6.18 Å². The molecule has 2 aromatic heterocycles. The van der Waals surface area contributed by atoms with Crippen LogP contribution < -0.4 is 0 Å². The molecule has 0 fully saturated rings. The average Bonchev–Trinajstić information content (AvgIpc) is 2.91. The fraction of sp³-hybridized carbons (Fsp3) is 0.235. The van der Waals surface area contributed by atoms with Crippen LogP contribution in [0.3, 0.4) is 0 Å². The van der Waals surface area contributed by atoms with Gasteiger partial charge in [-0.1, -0.05) is 17.7 Å². The van der Waals surface area contributed by atoms with Crippen LogP contribution in [0.25, 0.3) is 22.3 Å². The van der Waals surface area contributed by atoms with Crippen LogP contribution in [0.15, 0.2) is 30.5 Å². The van der Waals surface area contributed by atoms with Gasteiger partial charge in [-0.2, -0.15) is 13.2 Å². The van der Waals surface area contributed by atoms with Crippen molar-refractivity contribution in [2.24, 2.45) is 0 Å². The van der Waals surface area contributed by atoms with Crippen LogP contribution in [0.5, 0.6) is 0 Å². The molecule has 130 valence electrons. The lowest BCUT2D eigenvalue weighted by atomic mass is 10.1. The second-order valence-electron chi connectivity index (χ2n) is 5.81. The summed E-state index contributed by atoms with van der Waals surface area (Å²) < 4.78 is 40.0. The van der Waals surface area contributed by atoms with Gasteiger partial charge in [0.1, 0.15) is 0 Å². The van der Waals surface area contributed by atoms with E-state index in [0.717, 1.165) is 17.8 Å². The Morgan fingerprint density at radius 1 is 1.24 bits per heavy atom. The molecule has 0 bridgehead atoms. The van der Waals surface area contributed by atoms with Gasteiger partial charge in [-0.05, 0) is 32.0 Å². The summed E-state index contributed by atoms with van der Waals surface area (Å²) >= 11 is 5.99. The molecule has 25 heavy (non-hydrogen) atoms. The van der Waals surface area contributed by atoms with Crippen LogP contribution in [0.4, 0.5) is 13.2 Å². The van der Waals surface area contributed by atoms with Crippen molar-refractivity contribution in [2.45, 2.75) is 26.1 Å². The summed E-state index contributed by atoms with van der Waals surface area (Å²) in [5.41, 5.74) is 1.14. The van der Waals surface area contributed by atoms with Crippen LogP contribution in [0.1, 0.15) is 36.1 Å². The molecule has 3 rings (SSSR count). The lowest BCUT2D eigenvalue weighted by molar-refractivity contribution is -0.137. The minimum absolute atomic E-state index is 0.0313. The van der Waals surface area contributed by atoms with Gasteiger partial charge in [-0.25, -0.2) is 4.98 Å². The number of rotatable bonds is 3. The first kappa shape index (κ1) is 17.4. The normalized spacial score (nSPS) is 12.1. The standard InChI is InChI=1S/C17H13ClF3N3O/c1-9(2)24-14-4-3-10(5-13(14)23-15(24)8-25)16-12(18)6-11(7-22-16)17(19,20)21/h3-9H,1-2H3. The van der Waals surface area contributed by atoms with E-state index in [1.54, 1.807) is 22.8 Å². The smallest absolute Gasteiger partial charge is 0.319 e. The number of halogens is 4. The molecule has 0 unspecified atom stereocenters. The maximum absolute atomic E-state index is 12.7. The van der Waals surface area contributed by atoms with Crippen molar-refractivity contribution in [3.05, 3.63) is 46.9 Å². The number of alkyl halides is 3. The van der Waals surface area contributed by atoms with Crippen molar-refractivity contribution in [3.8, 4) is 11.3 Å². The number of benzene rings is 1. The highest BCUT2D eigenvalue weighted by Crippen LogP contribution is 2.35. The quantitative estimate of drug-likeness (QED) is 0.600. The molecule has 0 spiro atoms. The summed E-state index contributed by atoms with van der Waals surface area (Å²) in [5.74, 6) is 0.286. The van der Waals surface area contributed by atoms with E-state index >= 15 is 0 Å². The van der Waals surface area contributed by atoms with Gasteiger partial charge in [-0.15, -0.1) is 0 Å². The number of aromatic nitrogens is 3. The highest BCUT2D eigenvalue weighted by molar-refractivity contribution is 6.33. The Bertz CT molecular complexity index is 964. The maximum atomic E-state index is 12.7. The second kappa shape index (κ2) is 6.15. The summed E-state index contributed by atoms with van der Waals surface area (Å²) in [4.78, 5) is 19.3. The molecule has 3 aromatic rings. The fourth-order valence-electron chi connectivity index (χ4n) is 2.70. The van der Waals surface area contributed by atoms with Gasteiger partial charge in [0.05, 0.1) is 27.3 Å². The molecule has 0 saturated heterocycles. The molecule has 0 saturated carbocycles. The van der Waals surface area contributed by atoms with E-state index in [1.807, 2.05) is 13.8 Å². The summed E-state index contributed by atoms with van der Waals surface area (Å²) in [5, 5.41) is -0.104. The molecule has 0 radical (unpaired) electrons. The molecule has 0 aliphatic heterocycles. The molecular weight excluding hydrogens is 355 g/mol. The van der Waals surface area contributed by atoms with Crippen LogP contribution in [0.2, 0.25) is 5.02 Å². The Labute approximate surface area is 146 Å². The number of imidazole rings is 1. The SMILES string of the molecule is CC(C)n1c(C=O)nc2cc(-c3ncc(C(F)(F)F)cc3Cl)ccc21. The monoisotopic (exact) mass is 367 g/mol. The van der Waals surface area contributed by atoms with Gasteiger partial charge < -0.3 is 4.57 Å². The highest BCUT2D eigenvalue weighted by atomic mass is 35.5. The van der Waals surface area contributed by atoms with Gasteiger partial charge in [-0.3, -0.25) is 9.78 Å². The van der Waals surface area contributed by atoms with Crippen LogP contribution in [0, 0.1) is 0 Å². The Balaban J connectivity index is 2.13. The number of hydrogen-bond donors (Lipinski definition) is 0. The number of nitrogens with zero attached hydrogens (tertiary/aromatic N) is 3. The zero-order valence-electron chi connectivity index (χ0n) is 13.3. The van der Waals surface area contributed by atoms with E-state index in [9.17, 15) is 18.0 Å². The minimum Gasteiger partial charge on any atom is -0.319 e. The molecule has 0 atom stereocenters. The number of aldehydes is 1. The van der Waals surface area contributed by atoms with Crippen molar-refractivity contribution >= 4 is 28.9 Å². The summed E-state index contributed by atoms with van der Waals surface area (Å²) in [7, 11) is 0. The first-order valence-electron chi connectivity index (χ1n) is 7.42. The van der Waals surface area contributed by atoms with Crippen LogP contribution in [-0.4, -0.2) is 20.8 Å². The maximum Gasteiger partial charge on any atom is 0.417 e. The zero-order chi connectivity index (χ0) is 18.4. The van der Waals surface area contributed by atoms with E-state index in [0.29, 0.717) is 17.4 Å². The summed E-state index contributed by atoms with van der Waals surface area (Å²) in [6.45, 7) is 3.85. The third-order valence-electron chi connectivity index (χ3n) is 3.78. The predicted octanol–water partition coefficient (Wildman–Crippen LogP) is 5.16. The van der Waals surface area contributed by atoms with Gasteiger partial charge in [0.2, 0.25) is 0 Å². The number of fused-ring (bicyclic) bond motifs is 1. The van der Waals surface area contributed by atoms with E-state index < -0.39 is 11.7 Å². The van der Waals surface area contributed by atoms with Crippen molar-refractivity contribution in [1.82, 2.24) is 14.5 Å². The Morgan fingerprint density at radius 3 is 2.52 bits per heavy atom. The molecule has 4 nitrogen and oxygen atoms in total. The Hall–Kier alpha value is -2.41. The molecule has 0 aliphatic carbocycles. The first-order valence-corrected chi connectivity index (χ1v) is 7.80. The second-order valence-corrected chi connectivity index (χ2v) is 6.21. The third kappa shape index (κ3) is 3.11. The summed E-state index contributed by atoms with van der Waals surface area (Å²) in [6.07, 6.45) is -3.09. The molecular formula is C17H13ClF3N3O. The van der Waals surface area contributed by atoms with Gasteiger partial charge in [0.25, 0.3) is 0 Å². The topological polar surface area (TPSA) is 47.8 Å². The average molecular weight is 368 g/mol. The number of pyridine rings is 1. The van der Waals surface area contributed by atoms with Gasteiger partial charge in [0.15, 0.2) is 12.1 Å². The lowest BCUT2D eigenvalue weighted by Crippen LogP contribution is -2.06. The Kier molecular flexibility index (Phi) is 4.28. The van der Waals surface area contributed by atoms with Crippen LogP contribution >= 0.6 is 11.6 Å². The number of carbonyl (C=O) groups is 1. The molecule has 1 aromatic carbocycles.